The van der Waals surface area contributed by atoms with Crippen LogP contribution in [0.15, 0.2) is 23.5 Å². The van der Waals surface area contributed by atoms with Crippen LogP contribution in [0, 0.1) is 0 Å². The van der Waals surface area contributed by atoms with Crippen LogP contribution in [0.4, 0.5) is 0 Å². The second-order valence-electron chi connectivity index (χ2n) is 5.23. The lowest BCUT2D eigenvalue weighted by Gasteiger charge is -2.33. The standard InChI is InChI=1S/C13H20N4O5/c1-14-10(12(19)20)3-5-16(14)7-9(18)8-17-6-4-11(13(21)22)15(17)2/h3-4,9,18H,5-8H2,1-2H3,(H,19,20)(H,21,22). The van der Waals surface area contributed by atoms with Crippen LogP contribution in [0.3, 0.4) is 0 Å². The quantitative estimate of drug-likeness (QED) is 0.546. The molecule has 0 bridgehead atoms. The predicted octanol–water partition coefficient (Wildman–Crippen LogP) is -1.39. The molecular weight excluding hydrogens is 292 g/mol. The zero-order chi connectivity index (χ0) is 16.4. The number of carbonyl (C=O) groups is 2. The first-order valence-electron chi connectivity index (χ1n) is 6.83. The van der Waals surface area contributed by atoms with Gasteiger partial charge in [-0.3, -0.25) is 0 Å². The van der Waals surface area contributed by atoms with E-state index in [0.717, 1.165) is 0 Å². The third-order valence-electron chi connectivity index (χ3n) is 3.82. The van der Waals surface area contributed by atoms with Gasteiger partial charge in [0.2, 0.25) is 0 Å². The molecule has 0 saturated heterocycles. The van der Waals surface area contributed by atoms with Crippen molar-refractivity contribution in [2.24, 2.45) is 0 Å². The van der Waals surface area contributed by atoms with Gasteiger partial charge in [-0.05, 0) is 12.2 Å². The highest BCUT2D eigenvalue weighted by molar-refractivity contribution is 5.86. The SMILES string of the molecule is CN1C(C(=O)O)=CCN1CC(O)CN1CC=C(C(=O)O)N1C. The van der Waals surface area contributed by atoms with Crippen molar-refractivity contribution < 1.29 is 24.9 Å². The molecule has 0 saturated carbocycles. The molecule has 9 heteroatoms. The largest absolute Gasteiger partial charge is 0.477 e. The molecule has 0 radical (unpaired) electrons. The lowest BCUT2D eigenvalue weighted by molar-refractivity contribution is -0.136. The molecule has 2 aliphatic heterocycles. The molecule has 2 heterocycles. The number of hydrogen-bond acceptors (Lipinski definition) is 7. The molecule has 22 heavy (non-hydrogen) atoms. The van der Waals surface area contributed by atoms with Gasteiger partial charge in [0, 0.05) is 40.3 Å². The van der Waals surface area contributed by atoms with Crippen molar-refractivity contribution in [3.8, 4) is 0 Å². The number of carboxylic acids is 2. The Bertz CT molecular complexity index is 487. The van der Waals surface area contributed by atoms with Crippen LogP contribution in [0.5, 0.6) is 0 Å². The average molecular weight is 312 g/mol. The lowest BCUT2D eigenvalue weighted by Crippen LogP contribution is -2.47. The third-order valence-corrected chi connectivity index (χ3v) is 3.82. The van der Waals surface area contributed by atoms with Gasteiger partial charge in [-0.15, -0.1) is 0 Å². The number of β-amino-alcohol motifs (C(OH)–C–C–N with tert-alkyl or cyclic N) is 1. The summed E-state index contributed by atoms with van der Waals surface area (Å²) in [5.41, 5.74) is 0.362. The monoisotopic (exact) mass is 312 g/mol. The fraction of sp³-hybridized carbons (Fsp3) is 0.538. The maximum atomic E-state index is 11.0. The molecule has 2 aliphatic rings. The van der Waals surface area contributed by atoms with Crippen molar-refractivity contribution >= 4 is 11.9 Å². The number of rotatable bonds is 6. The highest BCUT2D eigenvalue weighted by atomic mass is 16.4. The summed E-state index contributed by atoms with van der Waals surface area (Å²) in [6.07, 6.45) is 2.43. The Kier molecular flexibility index (Phi) is 4.69. The lowest BCUT2D eigenvalue weighted by atomic mass is 10.3. The maximum absolute atomic E-state index is 11.0. The zero-order valence-electron chi connectivity index (χ0n) is 12.5. The second-order valence-corrected chi connectivity index (χ2v) is 5.23. The predicted molar refractivity (Wildman–Crippen MR) is 76.1 cm³/mol. The van der Waals surface area contributed by atoms with Crippen molar-refractivity contribution in [3.63, 3.8) is 0 Å². The number of carboxylic acid groups (broad SMARTS) is 2. The van der Waals surface area contributed by atoms with E-state index in [-0.39, 0.29) is 24.5 Å². The van der Waals surface area contributed by atoms with E-state index in [1.165, 1.54) is 10.0 Å². The van der Waals surface area contributed by atoms with Crippen molar-refractivity contribution in [1.29, 1.82) is 0 Å². The van der Waals surface area contributed by atoms with Gasteiger partial charge >= 0.3 is 11.9 Å². The number of hydrogen-bond donors (Lipinski definition) is 3. The molecule has 122 valence electrons. The molecular formula is C13H20N4O5. The number of aliphatic hydroxyl groups is 1. The molecule has 0 aromatic rings. The number of aliphatic carboxylic acids is 2. The van der Waals surface area contributed by atoms with E-state index in [0.29, 0.717) is 13.1 Å². The smallest absolute Gasteiger partial charge is 0.353 e. The normalized spacial score (nSPS) is 19.8. The van der Waals surface area contributed by atoms with E-state index in [1.807, 2.05) is 0 Å². The molecule has 0 spiro atoms. The number of hydrazine groups is 2. The Morgan fingerprint density at radius 1 is 1.00 bits per heavy atom. The van der Waals surface area contributed by atoms with E-state index >= 15 is 0 Å². The van der Waals surface area contributed by atoms with Gasteiger partial charge in [0.05, 0.1) is 6.10 Å². The second kappa shape index (κ2) is 6.34. The minimum atomic E-state index is -1.01. The summed E-state index contributed by atoms with van der Waals surface area (Å²) in [7, 11) is 3.26. The fourth-order valence-electron chi connectivity index (χ4n) is 2.59. The molecule has 0 aromatic carbocycles. The van der Waals surface area contributed by atoms with Gasteiger partial charge in [0.25, 0.3) is 0 Å². The zero-order valence-corrected chi connectivity index (χ0v) is 12.5. The first-order chi connectivity index (χ1) is 10.3. The molecule has 0 atom stereocenters. The summed E-state index contributed by atoms with van der Waals surface area (Å²) in [6, 6.07) is 0. The summed E-state index contributed by atoms with van der Waals surface area (Å²) in [6.45, 7) is 1.36. The topological polar surface area (TPSA) is 108 Å². The van der Waals surface area contributed by atoms with Crippen molar-refractivity contribution in [1.82, 2.24) is 20.0 Å². The molecule has 9 nitrogen and oxygen atoms in total. The summed E-state index contributed by atoms with van der Waals surface area (Å²) >= 11 is 0. The molecule has 2 rings (SSSR count). The van der Waals surface area contributed by atoms with Gasteiger partial charge in [-0.2, -0.15) is 0 Å². The summed E-state index contributed by atoms with van der Waals surface area (Å²) in [4.78, 5) is 22.0. The summed E-state index contributed by atoms with van der Waals surface area (Å²) in [5.74, 6) is -2.01. The van der Waals surface area contributed by atoms with E-state index in [2.05, 4.69) is 0 Å². The van der Waals surface area contributed by atoms with Crippen molar-refractivity contribution in [2.45, 2.75) is 6.10 Å². The Morgan fingerprint density at radius 3 is 1.64 bits per heavy atom. The van der Waals surface area contributed by atoms with Crippen molar-refractivity contribution in [2.75, 3.05) is 40.3 Å². The Morgan fingerprint density at radius 2 is 1.36 bits per heavy atom. The van der Waals surface area contributed by atoms with Crippen LogP contribution in [0.1, 0.15) is 0 Å². The van der Waals surface area contributed by atoms with Crippen molar-refractivity contribution in [3.05, 3.63) is 23.5 Å². The van der Waals surface area contributed by atoms with Crippen LogP contribution in [0.25, 0.3) is 0 Å². The summed E-state index contributed by atoms with van der Waals surface area (Å²) < 4.78 is 0. The minimum absolute atomic E-state index is 0.181. The molecule has 0 fully saturated rings. The Hall–Kier alpha value is -2.10. The molecule has 0 unspecified atom stereocenters. The number of likely N-dealkylation sites (N-methyl/N-ethyl adjacent to an activating group) is 2. The minimum Gasteiger partial charge on any atom is -0.477 e. The molecule has 0 aromatic heterocycles. The Labute approximate surface area is 127 Å². The molecule has 3 N–H and O–H groups in total. The third kappa shape index (κ3) is 3.21. The summed E-state index contributed by atoms with van der Waals surface area (Å²) in [5, 5.41) is 34.6. The van der Waals surface area contributed by atoms with E-state index in [4.69, 9.17) is 10.2 Å². The number of nitrogens with zero attached hydrogens (tertiary/aromatic N) is 4. The molecule has 0 aliphatic carbocycles. The van der Waals surface area contributed by atoms with Crippen LogP contribution in [0.2, 0.25) is 0 Å². The van der Waals surface area contributed by atoms with Crippen LogP contribution >= 0.6 is 0 Å². The van der Waals surface area contributed by atoms with E-state index in [1.54, 1.807) is 36.3 Å². The van der Waals surface area contributed by atoms with Gasteiger partial charge in [0.1, 0.15) is 11.4 Å². The first-order valence-corrected chi connectivity index (χ1v) is 6.83. The van der Waals surface area contributed by atoms with Crippen LogP contribution < -0.4 is 0 Å². The number of aliphatic hydroxyl groups excluding tert-OH is 1. The van der Waals surface area contributed by atoms with Crippen LogP contribution in [-0.4, -0.2) is 93.7 Å². The van der Waals surface area contributed by atoms with Gasteiger partial charge in [0.15, 0.2) is 0 Å². The average Bonchev–Trinajstić information content (AvgIpc) is 2.95. The van der Waals surface area contributed by atoms with Crippen LogP contribution in [-0.2, 0) is 9.59 Å². The highest BCUT2D eigenvalue weighted by Gasteiger charge is 2.30. The van der Waals surface area contributed by atoms with Gasteiger partial charge in [-0.25, -0.2) is 19.6 Å². The Balaban J connectivity index is 1.84. The fourth-order valence-corrected chi connectivity index (χ4v) is 2.59. The highest BCUT2D eigenvalue weighted by Crippen LogP contribution is 2.17. The van der Waals surface area contributed by atoms with Gasteiger partial charge in [-0.1, -0.05) is 0 Å². The van der Waals surface area contributed by atoms with E-state index in [9.17, 15) is 14.7 Å². The first kappa shape index (κ1) is 16.3. The maximum Gasteiger partial charge on any atom is 0.353 e. The van der Waals surface area contributed by atoms with Gasteiger partial charge < -0.3 is 25.3 Å². The van der Waals surface area contributed by atoms with E-state index < -0.39 is 18.0 Å². The molecule has 0 amide bonds.